The fourth-order valence-corrected chi connectivity index (χ4v) is 1.47. The number of carbonyl (C=O) groups excluding carboxylic acids is 1. The number of ether oxygens (including phenoxy) is 2. The first-order valence-electron chi connectivity index (χ1n) is 5.43. The summed E-state index contributed by atoms with van der Waals surface area (Å²) in [5.41, 5.74) is 2.07. The van der Waals surface area contributed by atoms with Crippen LogP contribution in [0.1, 0.15) is 30.9 Å². The predicted molar refractivity (Wildman–Crippen MR) is 62.2 cm³/mol. The Kier molecular flexibility index (Phi) is 4.99. The molecule has 1 aromatic carbocycles. The highest BCUT2D eigenvalue weighted by molar-refractivity contribution is 5.77. The molecular formula is C13H18O3. The number of esters is 1. The zero-order valence-corrected chi connectivity index (χ0v) is 10.0. The first-order chi connectivity index (χ1) is 7.69. The molecule has 0 aliphatic heterocycles. The van der Waals surface area contributed by atoms with Crippen LogP contribution in [-0.2, 0) is 20.9 Å². The zero-order chi connectivity index (χ0) is 12.0. The summed E-state index contributed by atoms with van der Waals surface area (Å²) in [6.45, 7) is 4.68. The molecule has 0 aliphatic carbocycles. The molecular weight excluding hydrogens is 204 g/mol. The molecule has 3 heteroatoms. The number of carbonyl (C=O) groups is 1. The molecule has 0 N–H and O–H groups in total. The third-order valence-electron chi connectivity index (χ3n) is 2.43. The fourth-order valence-electron chi connectivity index (χ4n) is 1.47. The van der Waals surface area contributed by atoms with Crippen molar-refractivity contribution in [2.75, 3.05) is 13.7 Å². The third kappa shape index (κ3) is 3.35. The van der Waals surface area contributed by atoms with Crippen LogP contribution < -0.4 is 0 Å². The van der Waals surface area contributed by atoms with Gasteiger partial charge in [0.25, 0.3) is 0 Å². The van der Waals surface area contributed by atoms with E-state index in [-0.39, 0.29) is 11.9 Å². The molecule has 0 radical (unpaired) electrons. The molecule has 3 nitrogen and oxygen atoms in total. The molecule has 88 valence electrons. The molecule has 1 atom stereocenters. The zero-order valence-electron chi connectivity index (χ0n) is 10.0. The lowest BCUT2D eigenvalue weighted by atomic mass is 10.0. The second-order valence-electron chi connectivity index (χ2n) is 3.65. The van der Waals surface area contributed by atoms with Crippen LogP contribution in [0.15, 0.2) is 24.3 Å². The molecule has 0 heterocycles. The SMILES string of the molecule is CCOC(=O)C(C)c1ccc(COC)cc1. The molecule has 0 aliphatic rings. The van der Waals surface area contributed by atoms with Gasteiger partial charge in [-0.25, -0.2) is 0 Å². The van der Waals surface area contributed by atoms with E-state index in [1.165, 1.54) is 0 Å². The Labute approximate surface area is 96.4 Å². The molecule has 0 fully saturated rings. The summed E-state index contributed by atoms with van der Waals surface area (Å²) in [6, 6.07) is 7.81. The Morgan fingerprint density at radius 2 is 1.94 bits per heavy atom. The van der Waals surface area contributed by atoms with E-state index in [0.717, 1.165) is 11.1 Å². The predicted octanol–water partition coefficient (Wildman–Crippen LogP) is 2.50. The summed E-state index contributed by atoms with van der Waals surface area (Å²) in [5.74, 6) is -0.390. The lowest BCUT2D eigenvalue weighted by Crippen LogP contribution is -2.12. The largest absolute Gasteiger partial charge is 0.466 e. The standard InChI is InChI=1S/C13H18O3/c1-4-16-13(14)10(2)12-7-5-11(6-8-12)9-15-3/h5-8,10H,4,9H2,1-3H3. The summed E-state index contributed by atoms with van der Waals surface area (Å²) in [7, 11) is 1.66. The maximum Gasteiger partial charge on any atom is 0.313 e. The molecule has 1 rings (SSSR count). The van der Waals surface area contributed by atoms with E-state index in [9.17, 15) is 4.79 Å². The van der Waals surface area contributed by atoms with Gasteiger partial charge in [0, 0.05) is 7.11 Å². The van der Waals surface area contributed by atoms with Crippen molar-refractivity contribution in [2.45, 2.75) is 26.4 Å². The van der Waals surface area contributed by atoms with Crippen molar-refractivity contribution in [3.63, 3.8) is 0 Å². The third-order valence-corrected chi connectivity index (χ3v) is 2.43. The lowest BCUT2D eigenvalue weighted by Gasteiger charge is -2.11. The van der Waals surface area contributed by atoms with Gasteiger partial charge in [0.05, 0.1) is 19.1 Å². The van der Waals surface area contributed by atoms with Crippen LogP contribution in [0.3, 0.4) is 0 Å². The molecule has 0 amide bonds. The molecule has 1 aromatic rings. The molecule has 0 spiro atoms. The maximum atomic E-state index is 11.5. The van der Waals surface area contributed by atoms with Gasteiger partial charge in [-0.3, -0.25) is 4.79 Å². The van der Waals surface area contributed by atoms with Crippen molar-refractivity contribution in [1.82, 2.24) is 0 Å². The highest BCUT2D eigenvalue weighted by Crippen LogP contribution is 2.17. The second-order valence-corrected chi connectivity index (χ2v) is 3.65. The van der Waals surface area contributed by atoms with Crippen LogP contribution in [-0.4, -0.2) is 19.7 Å². The first-order valence-corrected chi connectivity index (χ1v) is 5.43. The number of hydrogen-bond donors (Lipinski definition) is 0. The molecule has 0 saturated heterocycles. The van der Waals surface area contributed by atoms with Gasteiger partial charge in [0.2, 0.25) is 0 Å². The van der Waals surface area contributed by atoms with Gasteiger partial charge >= 0.3 is 5.97 Å². The van der Waals surface area contributed by atoms with Gasteiger partial charge in [-0.2, -0.15) is 0 Å². The minimum absolute atomic E-state index is 0.179. The van der Waals surface area contributed by atoms with Gasteiger partial charge in [-0.1, -0.05) is 24.3 Å². The van der Waals surface area contributed by atoms with Crippen molar-refractivity contribution in [3.8, 4) is 0 Å². The number of methoxy groups -OCH3 is 1. The van der Waals surface area contributed by atoms with E-state index in [2.05, 4.69) is 0 Å². The van der Waals surface area contributed by atoms with E-state index in [0.29, 0.717) is 13.2 Å². The number of benzene rings is 1. The van der Waals surface area contributed by atoms with E-state index in [1.54, 1.807) is 7.11 Å². The average molecular weight is 222 g/mol. The minimum atomic E-state index is -0.212. The lowest BCUT2D eigenvalue weighted by molar-refractivity contribution is -0.144. The summed E-state index contributed by atoms with van der Waals surface area (Å²) in [4.78, 5) is 11.5. The molecule has 1 unspecified atom stereocenters. The molecule has 0 aromatic heterocycles. The number of rotatable bonds is 5. The van der Waals surface area contributed by atoms with Crippen molar-refractivity contribution in [1.29, 1.82) is 0 Å². The average Bonchev–Trinajstić information content (AvgIpc) is 2.30. The smallest absolute Gasteiger partial charge is 0.313 e. The maximum absolute atomic E-state index is 11.5. The van der Waals surface area contributed by atoms with Crippen molar-refractivity contribution in [3.05, 3.63) is 35.4 Å². The van der Waals surface area contributed by atoms with Gasteiger partial charge in [0.15, 0.2) is 0 Å². The first kappa shape index (κ1) is 12.7. The topological polar surface area (TPSA) is 35.5 Å². The molecule has 0 bridgehead atoms. The van der Waals surface area contributed by atoms with E-state index >= 15 is 0 Å². The van der Waals surface area contributed by atoms with Crippen molar-refractivity contribution < 1.29 is 14.3 Å². The van der Waals surface area contributed by atoms with E-state index < -0.39 is 0 Å². The van der Waals surface area contributed by atoms with Crippen LogP contribution in [0, 0.1) is 0 Å². The Balaban J connectivity index is 2.69. The Hall–Kier alpha value is -1.35. The van der Waals surface area contributed by atoms with Gasteiger partial charge in [0.1, 0.15) is 0 Å². The Morgan fingerprint density at radius 3 is 2.44 bits per heavy atom. The van der Waals surface area contributed by atoms with Crippen LogP contribution in [0.5, 0.6) is 0 Å². The van der Waals surface area contributed by atoms with Crippen LogP contribution in [0.25, 0.3) is 0 Å². The highest BCUT2D eigenvalue weighted by atomic mass is 16.5. The van der Waals surface area contributed by atoms with Crippen LogP contribution in [0.4, 0.5) is 0 Å². The van der Waals surface area contributed by atoms with Crippen molar-refractivity contribution in [2.24, 2.45) is 0 Å². The van der Waals surface area contributed by atoms with Gasteiger partial charge < -0.3 is 9.47 Å². The minimum Gasteiger partial charge on any atom is -0.466 e. The van der Waals surface area contributed by atoms with Crippen LogP contribution in [0.2, 0.25) is 0 Å². The van der Waals surface area contributed by atoms with Gasteiger partial charge in [-0.15, -0.1) is 0 Å². The van der Waals surface area contributed by atoms with Crippen LogP contribution >= 0.6 is 0 Å². The quantitative estimate of drug-likeness (QED) is 0.718. The highest BCUT2D eigenvalue weighted by Gasteiger charge is 2.15. The Bertz CT molecular complexity index is 330. The molecule has 16 heavy (non-hydrogen) atoms. The monoisotopic (exact) mass is 222 g/mol. The van der Waals surface area contributed by atoms with Crippen molar-refractivity contribution >= 4 is 5.97 Å². The fraction of sp³-hybridized carbons (Fsp3) is 0.462. The summed E-state index contributed by atoms with van der Waals surface area (Å²) >= 11 is 0. The summed E-state index contributed by atoms with van der Waals surface area (Å²) in [6.07, 6.45) is 0. The van der Waals surface area contributed by atoms with E-state index in [4.69, 9.17) is 9.47 Å². The normalized spacial score (nSPS) is 12.2. The van der Waals surface area contributed by atoms with E-state index in [1.807, 2.05) is 38.1 Å². The number of hydrogen-bond acceptors (Lipinski definition) is 3. The van der Waals surface area contributed by atoms with Gasteiger partial charge in [-0.05, 0) is 25.0 Å². The summed E-state index contributed by atoms with van der Waals surface area (Å²) < 4.78 is 9.99. The Morgan fingerprint density at radius 1 is 1.31 bits per heavy atom. The second kappa shape index (κ2) is 6.28. The molecule has 0 saturated carbocycles. The summed E-state index contributed by atoms with van der Waals surface area (Å²) in [5, 5.41) is 0.